The Kier molecular flexibility index (Phi) is 4.13. The minimum atomic E-state index is -0.141. The van der Waals surface area contributed by atoms with E-state index in [4.69, 9.17) is 4.74 Å². The second-order valence-electron chi connectivity index (χ2n) is 5.67. The lowest BCUT2D eigenvalue weighted by atomic mass is 10.1. The van der Waals surface area contributed by atoms with Crippen LogP contribution < -0.4 is 5.32 Å². The monoisotopic (exact) mass is 304 g/mol. The fraction of sp³-hybridized carbons (Fsp3) is 0.533. The third kappa shape index (κ3) is 3.13. The van der Waals surface area contributed by atoms with Crippen LogP contribution in [0.3, 0.4) is 0 Å². The van der Waals surface area contributed by atoms with Crippen molar-refractivity contribution in [2.24, 2.45) is 0 Å². The number of likely N-dealkylation sites (tertiary alicyclic amines) is 1. The molecule has 0 radical (unpaired) electrons. The van der Waals surface area contributed by atoms with Gasteiger partial charge in [-0.3, -0.25) is 14.3 Å². The van der Waals surface area contributed by atoms with Crippen molar-refractivity contribution in [3.8, 4) is 0 Å². The summed E-state index contributed by atoms with van der Waals surface area (Å²) in [5.41, 5.74) is 0.756. The number of nitrogens with zero attached hydrogens (tertiary/aromatic N) is 3. The van der Waals surface area contributed by atoms with Crippen molar-refractivity contribution in [1.29, 1.82) is 0 Å². The SMILES string of the molecule is CC(=O)Nc1ccn([C@@H]2CCN(C(=O)C3=COCCC3)C2)n1. The molecule has 0 aromatic carbocycles. The Bertz CT molecular complexity index is 608. The number of amides is 2. The van der Waals surface area contributed by atoms with Crippen molar-refractivity contribution in [3.05, 3.63) is 24.1 Å². The van der Waals surface area contributed by atoms with Crippen LogP contribution in [-0.2, 0) is 14.3 Å². The Hall–Kier alpha value is -2.31. The molecule has 2 aliphatic rings. The minimum absolute atomic E-state index is 0.0661. The van der Waals surface area contributed by atoms with E-state index >= 15 is 0 Å². The highest BCUT2D eigenvalue weighted by Gasteiger charge is 2.30. The van der Waals surface area contributed by atoms with Gasteiger partial charge in [0.25, 0.3) is 5.91 Å². The van der Waals surface area contributed by atoms with E-state index in [1.807, 2.05) is 15.8 Å². The van der Waals surface area contributed by atoms with Gasteiger partial charge in [0.15, 0.2) is 5.82 Å². The van der Waals surface area contributed by atoms with E-state index in [1.165, 1.54) is 6.92 Å². The lowest BCUT2D eigenvalue weighted by Gasteiger charge is -2.20. The highest BCUT2D eigenvalue weighted by atomic mass is 16.5. The Labute approximate surface area is 128 Å². The molecule has 0 bridgehead atoms. The van der Waals surface area contributed by atoms with Crippen LogP contribution in [0.15, 0.2) is 24.1 Å². The number of hydrogen-bond acceptors (Lipinski definition) is 4. The summed E-state index contributed by atoms with van der Waals surface area (Å²) < 4.78 is 7.07. The molecule has 0 saturated carbocycles. The Balaban J connectivity index is 1.62. The van der Waals surface area contributed by atoms with Gasteiger partial charge in [-0.2, -0.15) is 5.10 Å². The molecule has 2 aliphatic heterocycles. The van der Waals surface area contributed by atoms with Crippen LogP contribution in [0.4, 0.5) is 5.82 Å². The van der Waals surface area contributed by atoms with Crippen LogP contribution in [0.25, 0.3) is 0 Å². The second-order valence-corrected chi connectivity index (χ2v) is 5.67. The van der Waals surface area contributed by atoms with Gasteiger partial charge in [0.2, 0.25) is 5.91 Å². The van der Waals surface area contributed by atoms with Crippen LogP contribution in [0.2, 0.25) is 0 Å². The number of ether oxygens (including phenoxy) is 1. The van der Waals surface area contributed by atoms with Crippen molar-refractivity contribution in [2.75, 3.05) is 25.0 Å². The van der Waals surface area contributed by atoms with Crippen molar-refractivity contribution < 1.29 is 14.3 Å². The quantitative estimate of drug-likeness (QED) is 0.913. The standard InChI is InChI=1S/C15H20N4O3/c1-11(20)16-14-5-7-19(17-14)13-4-6-18(9-13)15(21)12-3-2-8-22-10-12/h5,7,10,13H,2-4,6,8-9H2,1H3,(H,16,17,20)/t13-/m1/s1. The van der Waals surface area contributed by atoms with Gasteiger partial charge >= 0.3 is 0 Å². The first-order valence-corrected chi connectivity index (χ1v) is 7.56. The molecule has 1 aromatic heterocycles. The van der Waals surface area contributed by atoms with Crippen LogP contribution >= 0.6 is 0 Å². The smallest absolute Gasteiger partial charge is 0.252 e. The lowest BCUT2D eigenvalue weighted by Crippen LogP contribution is -2.31. The van der Waals surface area contributed by atoms with E-state index in [-0.39, 0.29) is 17.9 Å². The molecule has 1 atom stereocenters. The zero-order valence-corrected chi connectivity index (χ0v) is 12.6. The molecular formula is C15H20N4O3. The van der Waals surface area contributed by atoms with E-state index in [9.17, 15) is 9.59 Å². The molecule has 1 N–H and O–H groups in total. The number of aromatic nitrogens is 2. The Morgan fingerprint density at radius 1 is 1.45 bits per heavy atom. The number of carbonyl (C=O) groups excluding carboxylic acids is 2. The molecule has 22 heavy (non-hydrogen) atoms. The summed E-state index contributed by atoms with van der Waals surface area (Å²) in [6.07, 6.45) is 5.98. The summed E-state index contributed by atoms with van der Waals surface area (Å²) in [5.74, 6) is 0.467. The van der Waals surface area contributed by atoms with E-state index in [1.54, 1.807) is 12.3 Å². The molecule has 7 nitrogen and oxygen atoms in total. The summed E-state index contributed by atoms with van der Waals surface area (Å²) in [6, 6.07) is 1.92. The molecule has 0 unspecified atom stereocenters. The molecule has 118 valence electrons. The molecule has 1 saturated heterocycles. The normalized spacial score (nSPS) is 21.2. The first kappa shape index (κ1) is 14.6. The fourth-order valence-electron chi connectivity index (χ4n) is 2.86. The summed E-state index contributed by atoms with van der Waals surface area (Å²) in [7, 11) is 0. The highest BCUT2D eigenvalue weighted by Crippen LogP contribution is 2.25. The fourth-order valence-corrected chi connectivity index (χ4v) is 2.86. The van der Waals surface area contributed by atoms with Crippen molar-refractivity contribution in [3.63, 3.8) is 0 Å². The maximum Gasteiger partial charge on any atom is 0.252 e. The van der Waals surface area contributed by atoms with Crippen LogP contribution in [0, 0.1) is 0 Å². The van der Waals surface area contributed by atoms with Gasteiger partial charge in [0.1, 0.15) is 0 Å². The van der Waals surface area contributed by atoms with Crippen LogP contribution in [-0.4, -0.2) is 46.2 Å². The summed E-state index contributed by atoms with van der Waals surface area (Å²) in [6.45, 7) is 3.50. The van der Waals surface area contributed by atoms with E-state index in [2.05, 4.69) is 10.4 Å². The van der Waals surface area contributed by atoms with Crippen molar-refractivity contribution >= 4 is 17.6 Å². The first-order valence-electron chi connectivity index (χ1n) is 7.56. The molecule has 1 fully saturated rings. The Morgan fingerprint density at radius 2 is 2.32 bits per heavy atom. The minimum Gasteiger partial charge on any atom is -0.501 e. The third-order valence-corrected chi connectivity index (χ3v) is 3.95. The van der Waals surface area contributed by atoms with Gasteiger partial charge in [0, 0.05) is 32.3 Å². The van der Waals surface area contributed by atoms with Gasteiger partial charge in [-0.1, -0.05) is 0 Å². The molecule has 0 spiro atoms. The predicted octanol–water partition coefficient (Wildman–Crippen LogP) is 1.31. The summed E-state index contributed by atoms with van der Waals surface area (Å²) >= 11 is 0. The van der Waals surface area contributed by atoms with Crippen LogP contribution in [0.1, 0.15) is 32.2 Å². The number of carbonyl (C=O) groups is 2. The van der Waals surface area contributed by atoms with Gasteiger partial charge in [-0.05, 0) is 19.3 Å². The third-order valence-electron chi connectivity index (χ3n) is 3.95. The van der Waals surface area contributed by atoms with E-state index in [0.29, 0.717) is 19.0 Å². The second kappa shape index (κ2) is 6.21. The van der Waals surface area contributed by atoms with Gasteiger partial charge in [0.05, 0.1) is 24.5 Å². The van der Waals surface area contributed by atoms with Gasteiger partial charge < -0.3 is 15.0 Å². The average Bonchev–Trinajstić information content (AvgIpc) is 3.15. The molecule has 0 aliphatic carbocycles. The van der Waals surface area contributed by atoms with Crippen molar-refractivity contribution in [1.82, 2.24) is 14.7 Å². The van der Waals surface area contributed by atoms with E-state index < -0.39 is 0 Å². The topological polar surface area (TPSA) is 76.5 Å². The van der Waals surface area contributed by atoms with Crippen LogP contribution in [0.5, 0.6) is 0 Å². The zero-order chi connectivity index (χ0) is 15.5. The highest BCUT2D eigenvalue weighted by molar-refractivity contribution is 5.93. The van der Waals surface area contributed by atoms with Crippen molar-refractivity contribution in [2.45, 2.75) is 32.2 Å². The number of rotatable bonds is 3. The molecule has 1 aromatic rings. The largest absolute Gasteiger partial charge is 0.501 e. The maximum atomic E-state index is 12.4. The molecule has 7 heteroatoms. The summed E-state index contributed by atoms with van der Waals surface area (Å²) in [4.78, 5) is 25.3. The Morgan fingerprint density at radius 3 is 3.05 bits per heavy atom. The number of hydrogen-bond donors (Lipinski definition) is 1. The van der Waals surface area contributed by atoms with Gasteiger partial charge in [-0.15, -0.1) is 0 Å². The first-order chi connectivity index (χ1) is 10.6. The predicted molar refractivity (Wildman–Crippen MR) is 80.0 cm³/mol. The molecule has 3 rings (SSSR count). The molecule has 3 heterocycles. The zero-order valence-electron chi connectivity index (χ0n) is 12.6. The maximum absolute atomic E-state index is 12.4. The number of nitrogens with one attached hydrogen (secondary N) is 1. The lowest BCUT2D eigenvalue weighted by molar-refractivity contribution is -0.126. The average molecular weight is 304 g/mol. The van der Waals surface area contributed by atoms with Gasteiger partial charge in [-0.25, -0.2) is 0 Å². The molecular weight excluding hydrogens is 284 g/mol. The summed E-state index contributed by atoms with van der Waals surface area (Å²) in [5, 5.41) is 7.00. The number of anilines is 1. The molecule has 2 amide bonds. The van der Waals surface area contributed by atoms with E-state index in [0.717, 1.165) is 31.4 Å².